The third kappa shape index (κ3) is 5.98. The number of piperazine rings is 1. The standard InChI is InChI=1S/C20H27F3N8O3/c1-29-7-9-30(10-8-29)18-27-15(13-34-18)26-17-25-12-14(20(21,22)23)16(28-17)24-4-2-5-31-6-3-11-33-19(31)32/h12-13H,2-11H2,1H3,(H2,24,25,26,28). The maximum atomic E-state index is 13.4. The summed E-state index contributed by atoms with van der Waals surface area (Å²) in [5, 5.41) is 5.51. The van der Waals surface area contributed by atoms with Gasteiger partial charge in [0.05, 0.1) is 6.61 Å². The molecule has 2 aromatic heterocycles. The monoisotopic (exact) mass is 484 g/mol. The maximum Gasteiger partial charge on any atom is 0.421 e. The second-order valence-electron chi connectivity index (χ2n) is 8.12. The summed E-state index contributed by atoms with van der Waals surface area (Å²) < 4.78 is 50.8. The van der Waals surface area contributed by atoms with Crippen molar-refractivity contribution in [1.29, 1.82) is 0 Å². The van der Waals surface area contributed by atoms with Gasteiger partial charge in [-0.15, -0.1) is 0 Å². The number of oxazole rings is 1. The molecule has 0 bridgehead atoms. The van der Waals surface area contributed by atoms with Crippen molar-refractivity contribution in [2.75, 3.05) is 75.0 Å². The Bertz CT molecular complexity index is 978. The first-order valence-electron chi connectivity index (χ1n) is 11.1. The summed E-state index contributed by atoms with van der Waals surface area (Å²) in [6.45, 7) is 4.79. The molecular weight excluding hydrogens is 457 g/mol. The molecule has 0 unspecified atom stereocenters. The van der Waals surface area contributed by atoms with Gasteiger partial charge in [-0.1, -0.05) is 0 Å². The minimum atomic E-state index is -4.62. The number of anilines is 4. The molecule has 0 radical (unpaired) electrons. The second kappa shape index (κ2) is 10.3. The van der Waals surface area contributed by atoms with Gasteiger partial charge in [0.1, 0.15) is 17.6 Å². The number of halogens is 3. The van der Waals surface area contributed by atoms with E-state index in [0.29, 0.717) is 37.9 Å². The zero-order valence-electron chi connectivity index (χ0n) is 18.8. The molecule has 2 aliphatic heterocycles. The van der Waals surface area contributed by atoms with Gasteiger partial charge in [-0.05, 0) is 19.9 Å². The second-order valence-corrected chi connectivity index (χ2v) is 8.12. The normalized spacial score (nSPS) is 17.6. The fraction of sp³-hybridized carbons (Fsp3) is 0.600. The van der Waals surface area contributed by atoms with Gasteiger partial charge in [0.25, 0.3) is 6.01 Å². The van der Waals surface area contributed by atoms with E-state index in [4.69, 9.17) is 9.15 Å². The van der Waals surface area contributed by atoms with E-state index in [2.05, 4.69) is 30.5 Å². The molecule has 0 saturated carbocycles. The summed E-state index contributed by atoms with van der Waals surface area (Å²) in [5.41, 5.74) is -0.978. The highest BCUT2D eigenvalue weighted by molar-refractivity contribution is 5.68. The number of aromatic nitrogens is 3. The van der Waals surface area contributed by atoms with E-state index in [1.165, 1.54) is 11.2 Å². The van der Waals surface area contributed by atoms with Gasteiger partial charge in [-0.2, -0.15) is 23.1 Å². The Kier molecular flexibility index (Phi) is 7.24. The molecule has 4 rings (SSSR count). The van der Waals surface area contributed by atoms with Gasteiger partial charge in [-0.25, -0.2) is 9.78 Å². The molecule has 2 N–H and O–H groups in total. The van der Waals surface area contributed by atoms with Gasteiger partial charge in [0, 0.05) is 52.0 Å². The number of likely N-dealkylation sites (N-methyl/N-ethyl adjacent to an activating group) is 1. The largest absolute Gasteiger partial charge is 0.449 e. The van der Waals surface area contributed by atoms with Gasteiger partial charge in [0.15, 0.2) is 5.82 Å². The summed E-state index contributed by atoms with van der Waals surface area (Å²) in [7, 11) is 2.04. The molecule has 0 atom stereocenters. The lowest BCUT2D eigenvalue weighted by Crippen LogP contribution is -2.44. The number of amides is 1. The molecule has 0 aliphatic carbocycles. The first-order chi connectivity index (χ1) is 16.3. The van der Waals surface area contributed by atoms with Crippen molar-refractivity contribution in [2.45, 2.75) is 19.0 Å². The highest BCUT2D eigenvalue weighted by Gasteiger charge is 2.35. The molecule has 2 fully saturated rings. The number of nitrogens with zero attached hydrogens (tertiary/aromatic N) is 6. The molecule has 4 heterocycles. The highest BCUT2D eigenvalue weighted by atomic mass is 19.4. The van der Waals surface area contributed by atoms with Crippen molar-refractivity contribution in [1.82, 2.24) is 24.8 Å². The van der Waals surface area contributed by atoms with Crippen LogP contribution in [-0.2, 0) is 10.9 Å². The van der Waals surface area contributed by atoms with Crippen LogP contribution in [0.25, 0.3) is 0 Å². The van der Waals surface area contributed by atoms with Crippen LogP contribution < -0.4 is 15.5 Å². The molecule has 2 aliphatic rings. The number of carbonyl (C=O) groups excluding carboxylic acids is 1. The lowest BCUT2D eigenvalue weighted by atomic mass is 10.3. The summed E-state index contributed by atoms with van der Waals surface area (Å²) in [5.74, 6) is -0.106. The van der Waals surface area contributed by atoms with Crippen LogP contribution in [-0.4, -0.2) is 90.3 Å². The molecule has 34 heavy (non-hydrogen) atoms. The van der Waals surface area contributed by atoms with Gasteiger partial charge in [0.2, 0.25) is 5.95 Å². The Morgan fingerprint density at radius 1 is 1.15 bits per heavy atom. The lowest BCUT2D eigenvalue weighted by Gasteiger charge is -2.31. The molecule has 0 aromatic carbocycles. The lowest BCUT2D eigenvalue weighted by molar-refractivity contribution is -0.137. The molecule has 11 nitrogen and oxygen atoms in total. The highest BCUT2D eigenvalue weighted by Crippen LogP contribution is 2.34. The predicted molar refractivity (Wildman–Crippen MR) is 117 cm³/mol. The number of cyclic esters (lactones) is 1. The topological polar surface area (TPSA) is 112 Å². The number of rotatable bonds is 8. The van der Waals surface area contributed by atoms with E-state index in [-0.39, 0.29) is 18.3 Å². The fourth-order valence-corrected chi connectivity index (χ4v) is 3.64. The fourth-order valence-electron chi connectivity index (χ4n) is 3.64. The van der Waals surface area contributed by atoms with Crippen LogP contribution in [0.2, 0.25) is 0 Å². The summed E-state index contributed by atoms with van der Waals surface area (Å²) in [6, 6.07) is 0.428. The van der Waals surface area contributed by atoms with E-state index >= 15 is 0 Å². The molecule has 1 amide bonds. The van der Waals surface area contributed by atoms with E-state index in [1.807, 2.05) is 11.9 Å². The van der Waals surface area contributed by atoms with E-state index in [9.17, 15) is 18.0 Å². The van der Waals surface area contributed by atoms with Crippen molar-refractivity contribution in [3.63, 3.8) is 0 Å². The number of ether oxygens (including phenoxy) is 1. The predicted octanol–water partition coefficient (Wildman–Crippen LogP) is 2.62. The van der Waals surface area contributed by atoms with Crippen LogP contribution in [0.3, 0.4) is 0 Å². The minimum absolute atomic E-state index is 0.0478. The van der Waals surface area contributed by atoms with Crippen molar-refractivity contribution in [2.24, 2.45) is 0 Å². The van der Waals surface area contributed by atoms with Gasteiger partial charge < -0.3 is 34.5 Å². The van der Waals surface area contributed by atoms with E-state index < -0.39 is 17.8 Å². The average molecular weight is 484 g/mol. The number of hydrogen-bond acceptors (Lipinski definition) is 10. The molecule has 14 heteroatoms. The van der Waals surface area contributed by atoms with Crippen LogP contribution >= 0.6 is 0 Å². The number of hydrogen-bond donors (Lipinski definition) is 2. The van der Waals surface area contributed by atoms with Crippen molar-refractivity contribution in [3.05, 3.63) is 18.0 Å². The van der Waals surface area contributed by atoms with E-state index in [0.717, 1.165) is 38.8 Å². The third-order valence-electron chi connectivity index (χ3n) is 5.55. The first-order valence-corrected chi connectivity index (χ1v) is 11.1. The SMILES string of the molecule is CN1CCN(c2nc(Nc3ncc(C(F)(F)F)c(NCCCN4CCCOC4=O)n3)co2)CC1. The van der Waals surface area contributed by atoms with Crippen LogP contribution in [0.1, 0.15) is 18.4 Å². The van der Waals surface area contributed by atoms with Crippen LogP contribution in [0.4, 0.5) is 41.6 Å². The Balaban J connectivity index is 1.38. The Morgan fingerprint density at radius 2 is 1.94 bits per heavy atom. The zero-order chi connectivity index (χ0) is 24.1. The van der Waals surface area contributed by atoms with Crippen molar-refractivity contribution in [3.8, 4) is 0 Å². The summed E-state index contributed by atoms with van der Waals surface area (Å²) in [6.07, 6.45) is -1.77. The number of alkyl halides is 3. The first kappa shape index (κ1) is 23.9. The number of carbonyl (C=O) groups is 1. The summed E-state index contributed by atoms with van der Waals surface area (Å²) >= 11 is 0. The number of nitrogens with one attached hydrogen (secondary N) is 2. The quantitative estimate of drug-likeness (QED) is 0.543. The van der Waals surface area contributed by atoms with Gasteiger partial charge >= 0.3 is 12.3 Å². The average Bonchev–Trinajstić information content (AvgIpc) is 3.26. The molecule has 2 aromatic rings. The Hall–Kier alpha value is -3.29. The Labute approximate surface area is 194 Å². The van der Waals surface area contributed by atoms with Gasteiger partial charge in [-0.3, -0.25) is 0 Å². The molecule has 0 spiro atoms. The molecule has 186 valence electrons. The summed E-state index contributed by atoms with van der Waals surface area (Å²) in [4.78, 5) is 29.5. The molecule has 2 saturated heterocycles. The maximum absolute atomic E-state index is 13.4. The third-order valence-corrected chi connectivity index (χ3v) is 5.55. The van der Waals surface area contributed by atoms with Crippen molar-refractivity contribution < 1.29 is 27.1 Å². The Morgan fingerprint density at radius 3 is 2.68 bits per heavy atom. The van der Waals surface area contributed by atoms with Crippen molar-refractivity contribution >= 4 is 29.7 Å². The minimum Gasteiger partial charge on any atom is -0.449 e. The van der Waals surface area contributed by atoms with E-state index in [1.54, 1.807) is 0 Å². The van der Waals surface area contributed by atoms with Crippen LogP contribution in [0, 0.1) is 0 Å². The molecular formula is C20H27F3N8O3. The smallest absolute Gasteiger partial charge is 0.421 e. The van der Waals surface area contributed by atoms with Crippen LogP contribution in [0.15, 0.2) is 16.9 Å². The zero-order valence-corrected chi connectivity index (χ0v) is 18.8. The van der Waals surface area contributed by atoms with Crippen LogP contribution in [0.5, 0.6) is 0 Å².